The molecule has 0 unspecified atom stereocenters. The first-order valence-electron chi connectivity index (χ1n) is 5.52. The molecule has 0 aliphatic rings. The van der Waals surface area contributed by atoms with Crippen molar-refractivity contribution in [3.63, 3.8) is 0 Å². The van der Waals surface area contributed by atoms with Crippen LogP contribution in [0.2, 0.25) is 0 Å². The Bertz CT molecular complexity index is 333. The Labute approximate surface area is 96.2 Å². The first-order valence-corrected chi connectivity index (χ1v) is 5.52. The lowest BCUT2D eigenvalue weighted by Crippen LogP contribution is -2.21. The van der Waals surface area contributed by atoms with Crippen molar-refractivity contribution in [2.45, 2.75) is 26.2 Å². The fourth-order valence-corrected chi connectivity index (χ4v) is 1.37. The van der Waals surface area contributed by atoms with Gasteiger partial charge in [-0.05, 0) is 6.42 Å². The summed E-state index contributed by atoms with van der Waals surface area (Å²) < 4.78 is 0. The lowest BCUT2D eigenvalue weighted by atomic mass is 10.2. The fourth-order valence-electron chi connectivity index (χ4n) is 1.37. The molecule has 0 spiro atoms. The number of nitrogen functional groups attached to an aromatic ring is 1. The van der Waals surface area contributed by atoms with Crippen molar-refractivity contribution in [3.8, 4) is 0 Å². The van der Waals surface area contributed by atoms with Crippen molar-refractivity contribution in [3.05, 3.63) is 18.1 Å². The summed E-state index contributed by atoms with van der Waals surface area (Å²) in [7, 11) is 1.99. The molecular weight excluding hydrogens is 202 g/mol. The molecule has 0 saturated heterocycles. The molecule has 0 aliphatic carbocycles. The number of unbranched alkanes of at least 4 members (excludes halogenated alkanes) is 2. The lowest BCUT2D eigenvalue weighted by Gasteiger charge is -2.17. The highest BCUT2D eigenvalue weighted by Gasteiger charge is 2.04. The van der Waals surface area contributed by atoms with Crippen LogP contribution in [0.15, 0.2) is 12.4 Å². The second-order valence-electron chi connectivity index (χ2n) is 3.80. The molecule has 0 amide bonds. The summed E-state index contributed by atoms with van der Waals surface area (Å²) in [5.74, 6) is 0.772. The smallest absolute Gasteiger partial charge is 0.146 e. The summed E-state index contributed by atoms with van der Waals surface area (Å²) in [6.07, 6.45) is 6.78. The van der Waals surface area contributed by atoms with Gasteiger partial charge < -0.3 is 10.6 Å². The van der Waals surface area contributed by atoms with Gasteiger partial charge >= 0.3 is 0 Å². The molecule has 1 aromatic heterocycles. The molecule has 0 atom stereocenters. The Morgan fingerprint density at radius 3 is 2.62 bits per heavy atom. The van der Waals surface area contributed by atoms with E-state index < -0.39 is 0 Å². The Hall–Kier alpha value is -1.65. The number of nitrogens with two attached hydrogens (primary N) is 1. The van der Waals surface area contributed by atoms with Crippen LogP contribution in [-0.2, 0) is 0 Å². The number of hydrogen-bond donors (Lipinski definition) is 2. The number of nitrogens with zero attached hydrogens (tertiary/aromatic N) is 3. The van der Waals surface area contributed by atoms with Gasteiger partial charge in [-0.1, -0.05) is 19.8 Å². The number of rotatable bonds is 6. The molecular formula is C11H19N5. The predicted octanol–water partition coefficient (Wildman–Crippen LogP) is 1.39. The zero-order valence-electron chi connectivity index (χ0n) is 9.90. The van der Waals surface area contributed by atoms with Gasteiger partial charge in [0.2, 0.25) is 0 Å². The molecule has 1 rings (SSSR count). The maximum absolute atomic E-state index is 7.21. The Kier molecular flexibility index (Phi) is 4.69. The molecule has 5 nitrogen and oxygen atoms in total. The SMILES string of the molecule is CCCCCN(C)c1cnc(C(=N)N)cn1. The molecule has 1 aromatic rings. The zero-order valence-corrected chi connectivity index (χ0v) is 9.90. The predicted molar refractivity (Wildman–Crippen MR) is 65.8 cm³/mol. The van der Waals surface area contributed by atoms with Crippen LogP contribution in [0, 0.1) is 5.41 Å². The van der Waals surface area contributed by atoms with Crippen LogP contribution >= 0.6 is 0 Å². The molecule has 16 heavy (non-hydrogen) atoms. The van der Waals surface area contributed by atoms with Crippen LogP contribution in [-0.4, -0.2) is 29.4 Å². The average molecular weight is 221 g/mol. The van der Waals surface area contributed by atoms with E-state index in [-0.39, 0.29) is 5.84 Å². The van der Waals surface area contributed by atoms with Gasteiger partial charge in [-0.25, -0.2) is 9.97 Å². The van der Waals surface area contributed by atoms with E-state index in [1.807, 2.05) is 7.05 Å². The van der Waals surface area contributed by atoms with E-state index in [1.54, 1.807) is 6.20 Å². The van der Waals surface area contributed by atoms with Crippen molar-refractivity contribution in [1.29, 1.82) is 5.41 Å². The third-order valence-corrected chi connectivity index (χ3v) is 2.40. The summed E-state index contributed by atoms with van der Waals surface area (Å²) in [5.41, 5.74) is 5.73. The van der Waals surface area contributed by atoms with Crippen molar-refractivity contribution in [2.24, 2.45) is 5.73 Å². The standard InChI is InChI=1S/C11H19N5/c1-3-4-5-6-16(2)10-8-14-9(7-15-10)11(12)13/h7-8H,3-6H2,1-2H3,(H3,12,13). The van der Waals surface area contributed by atoms with Gasteiger partial charge in [0.15, 0.2) is 0 Å². The number of nitrogens with one attached hydrogen (secondary N) is 1. The van der Waals surface area contributed by atoms with E-state index in [4.69, 9.17) is 11.1 Å². The Morgan fingerprint density at radius 1 is 1.38 bits per heavy atom. The fraction of sp³-hybridized carbons (Fsp3) is 0.545. The monoisotopic (exact) mass is 221 g/mol. The highest BCUT2D eigenvalue weighted by atomic mass is 15.2. The molecule has 0 radical (unpaired) electrons. The molecule has 5 heteroatoms. The molecule has 0 saturated carbocycles. The molecule has 3 N–H and O–H groups in total. The van der Waals surface area contributed by atoms with Gasteiger partial charge in [0.25, 0.3) is 0 Å². The minimum absolute atomic E-state index is 0.0484. The second kappa shape index (κ2) is 6.05. The largest absolute Gasteiger partial charge is 0.382 e. The summed E-state index contributed by atoms with van der Waals surface area (Å²) in [6, 6.07) is 0. The highest BCUT2D eigenvalue weighted by molar-refractivity contribution is 5.92. The van der Waals surface area contributed by atoms with E-state index in [0.717, 1.165) is 18.8 Å². The van der Waals surface area contributed by atoms with Crippen LogP contribution in [0.3, 0.4) is 0 Å². The first-order chi connectivity index (χ1) is 7.65. The summed E-state index contributed by atoms with van der Waals surface area (Å²) in [4.78, 5) is 10.4. The third kappa shape index (κ3) is 3.49. The van der Waals surface area contributed by atoms with Gasteiger partial charge in [0.05, 0.1) is 12.4 Å². The molecule has 0 aliphatic heterocycles. The number of amidine groups is 1. The molecule has 0 bridgehead atoms. The Morgan fingerprint density at radius 2 is 2.12 bits per heavy atom. The Balaban J connectivity index is 2.56. The molecule has 88 valence electrons. The zero-order chi connectivity index (χ0) is 12.0. The summed E-state index contributed by atoms with van der Waals surface area (Å²) in [5, 5.41) is 7.21. The van der Waals surface area contributed by atoms with E-state index in [2.05, 4.69) is 21.8 Å². The van der Waals surface area contributed by atoms with Gasteiger partial charge in [0.1, 0.15) is 17.3 Å². The first kappa shape index (κ1) is 12.4. The van der Waals surface area contributed by atoms with Crippen LogP contribution in [0.5, 0.6) is 0 Å². The lowest BCUT2D eigenvalue weighted by molar-refractivity contribution is 0.700. The quantitative estimate of drug-likeness (QED) is 0.432. The minimum atomic E-state index is -0.0484. The third-order valence-electron chi connectivity index (χ3n) is 2.40. The maximum Gasteiger partial charge on any atom is 0.146 e. The van der Waals surface area contributed by atoms with E-state index >= 15 is 0 Å². The number of aromatic nitrogens is 2. The van der Waals surface area contributed by atoms with Crippen LogP contribution in [0.4, 0.5) is 5.82 Å². The van der Waals surface area contributed by atoms with Crippen molar-refractivity contribution < 1.29 is 0 Å². The van der Waals surface area contributed by atoms with Crippen LogP contribution in [0.25, 0.3) is 0 Å². The average Bonchev–Trinajstić information content (AvgIpc) is 2.29. The van der Waals surface area contributed by atoms with Crippen molar-refractivity contribution in [2.75, 3.05) is 18.5 Å². The maximum atomic E-state index is 7.21. The summed E-state index contributed by atoms with van der Waals surface area (Å²) >= 11 is 0. The van der Waals surface area contributed by atoms with Crippen molar-refractivity contribution in [1.82, 2.24) is 9.97 Å². The molecule has 0 fully saturated rings. The normalized spacial score (nSPS) is 10.1. The van der Waals surface area contributed by atoms with Gasteiger partial charge in [0, 0.05) is 13.6 Å². The molecule has 0 aromatic carbocycles. The number of hydrogen-bond acceptors (Lipinski definition) is 4. The minimum Gasteiger partial charge on any atom is -0.382 e. The van der Waals surface area contributed by atoms with Gasteiger partial charge in [-0.2, -0.15) is 0 Å². The second-order valence-corrected chi connectivity index (χ2v) is 3.80. The van der Waals surface area contributed by atoms with Gasteiger partial charge in [-0.3, -0.25) is 5.41 Å². The highest BCUT2D eigenvalue weighted by Crippen LogP contribution is 2.08. The van der Waals surface area contributed by atoms with E-state index in [0.29, 0.717) is 5.69 Å². The van der Waals surface area contributed by atoms with Crippen molar-refractivity contribution >= 4 is 11.7 Å². The van der Waals surface area contributed by atoms with Crippen LogP contribution < -0.4 is 10.6 Å². The topological polar surface area (TPSA) is 78.9 Å². The molecule has 1 heterocycles. The van der Waals surface area contributed by atoms with E-state index in [9.17, 15) is 0 Å². The number of anilines is 1. The van der Waals surface area contributed by atoms with Gasteiger partial charge in [-0.15, -0.1) is 0 Å². The van der Waals surface area contributed by atoms with E-state index in [1.165, 1.54) is 19.0 Å². The summed E-state index contributed by atoms with van der Waals surface area (Å²) in [6.45, 7) is 3.16. The van der Waals surface area contributed by atoms with Crippen LogP contribution in [0.1, 0.15) is 31.9 Å².